The van der Waals surface area contributed by atoms with E-state index in [1.165, 1.54) is 35.2 Å². The van der Waals surface area contributed by atoms with Gasteiger partial charge in [-0.25, -0.2) is 8.78 Å². The third-order valence-electron chi connectivity index (χ3n) is 3.98. The first-order chi connectivity index (χ1) is 12.5. The molecule has 0 amide bonds. The zero-order chi connectivity index (χ0) is 18.3. The minimum absolute atomic E-state index is 0.243. The average Bonchev–Trinajstić information content (AvgIpc) is 3.20. The fourth-order valence-corrected chi connectivity index (χ4v) is 4.78. The maximum atomic E-state index is 14.0. The van der Waals surface area contributed by atoms with Crippen LogP contribution in [0.5, 0.6) is 0 Å². The Bertz CT molecular complexity index is 1090. The van der Waals surface area contributed by atoms with Gasteiger partial charge in [-0.2, -0.15) is 0 Å². The second-order valence-corrected chi connectivity index (χ2v) is 7.86. The van der Waals surface area contributed by atoms with Crippen LogP contribution in [0.3, 0.4) is 0 Å². The zero-order valence-electron chi connectivity index (χ0n) is 13.5. The van der Waals surface area contributed by atoms with E-state index in [1.54, 1.807) is 31.2 Å². The number of thiazole rings is 1. The molecule has 2 aromatic carbocycles. The second kappa shape index (κ2) is 6.98. The molecule has 0 spiro atoms. The van der Waals surface area contributed by atoms with Crippen molar-refractivity contribution in [2.45, 2.75) is 17.8 Å². The first-order valence-corrected chi connectivity index (χ1v) is 9.94. The topological polar surface area (TPSA) is 30.2 Å². The molecule has 2 heterocycles. The summed E-state index contributed by atoms with van der Waals surface area (Å²) < 4.78 is 29.5. The van der Waals surface area contributed by atoms with Crippen LogP contribution in [0.4, 0.5) is 8.78 Å². The first-order valence-electron chi connectivity index (χ1n) is 7.69. The first kappa shape index (κ1) is 17.5. The summed E-state index contributed by atoms with van der Waals surface area (Å²) >= 11 is 8.90. The van der Waals surface area contributed by atoms with Gasteiger partial charge < -0.3 is 0 Å². The fourth-order valence-electron chi connectivity index (χ4n) is 2.60. The Morgan fingerprint density at radius 3 is 2.77 bits per heavy atom. The molecule has 4 rings (SSSR count). The van der Waals surface area contributed by atoms with Gasteiger partial charge in [-0.1, -0.05) is 29.4 Å². The van der Waals surface area contributed by atoms with Gasteiger partial charge in [0.15, 0.2) is 5.16 Å². The number of hydrogen-bond acceptors (Lipinski definition) is 4. The summed E-state index contributed by atoms with van der Waals surface area (Å²) in [4.78, 5) is 0.726. The molecule has 0 N–H and O–H groups in total. The molecule has 0 aliphatic heterocycles. The lowest BCUT2D eigenvalue weighted by Crippen LogP contribution is -1.93. The zero-order valence-corrected chi connectivity index (χ0v) is 15.9. The van der Waals surface area contributed by atoms with Crippen molar-refractivity contribution >= 4 is 39.7 Å². The average molecular weight is 408 g/mol. The van der Waals surface area contributed by atoms with Crippen LogP contribution in [0.2, 0.25) is 5.02 Å². The van der Waals surface area contributed by atoms with E-state index in [0.29, 0.717) is 27.1 Å². The van der Waals surface area contributed by atoms with Gasteiger partial charge in [0.05, 0.1) is 5.69 Å². The molecule has 3 nitrogen and oxygen atoms in total. The monoisotopic (exact) mass is 407 g/mol. The van der Waals surface area contributed by atoms with E-state index in [-0.39, 0.29) is 11.6 Å². The third kappa shape index (κ3) is 3.11. The molecule has 0 aliphatic carbocycles. The van der Waals surface area contributed by atoms with E-state index in [4.69, 9.17) is 11.6 Å². The molecule has 132 valence electrons. The largest absolute Gasteiger partial charge is 0.260 e. The Kier molecular flexibility index (Phi) is 4.69. The third-order valence-corrected chi connectivity index (χ3v) is 6.11. The fraction of sp³-hybridized carbons (Fsp3) is 0.111. The van der Waals surface area contributed by atoms with E-state index in [0.717, 1.165) is 16.2 Å². The Hall–Kier alpha value is -1.96. The smallest absolute Gasteiger partial charge is 0.217 e. The number of rotatable bonds is 4. The summed E-state index contributed by atoms with van der Waals surface area (Å²) in [5, 5.41) is 11.4. The van der Waals surface area contributed by atoms with Gasteiger partial charge in [-0.15, -0.1) is 21.5 Å². The normalized spacial score (nSPS) is 11.4. The summed E-state index contributed by atoms with van der Waals surface area (Å²) in [5.41, 5.74) is 2.76. The molecule has 0 fully saturated rings. The van der Waals surface area contributed by atoms with Gasteiger partial charge in [-0.05, 0) is 48.4 Å². The second-order valence-electron chi connectivity index (χ2n) is 5.67. The SMILES string of the molecule is Cc1cc(-c2csc3nnc(SCc4c(F)cccc4Cl)n23)ccc1F. The number of aromatic nitrogens is 3. The van der Waals surface area contributed by atoms with Crippen LogP contribution in [0.25, 0.3) is 16.2 Å². The summed E-state index contributed by atoms with van der Waals surface area (Å²) in [7, 11) is 0. The van der Waals surface area contributed by atoms with Crippen LogP contribution >= 0.6 is 34.7 Å². The minimum Gasteiger partial charge on any atom is -0.260 e. The molecule has 26 heavy (non-hydrogen) atoms. The van der Waals surface area contributed by atoms with E-state index < -0.39 is 0 Å². The van der Waals surface area contributed by atoms with Gasteiger partial charge in [0.2, 0.25) is 4.96 Å². The number of thioether (sulfide) groups is 1. The van der Waals surface area contributed by atoms with Gasteiger partial charge in [0.25, 0.3) is 0 Å². The summed E-state index contributed by atoms with van der Waals surface area (Å²) in [5.74, 6) is -0.248. The Morgan fingerprint density at radius 2 is 2.00 bits per heavy atom. The highest BCUT2D eigenvalue weighted by atomic mass is 35.5. The molecule has 4 aromatic rings. The molecule has 0 atom stereocenters. The predicted octanol–water partition coefficient (Wildman–Crippen LogP) is 5.99. The standard InChI is InChI=1S/C18H12ClF2N3S2/c1-10-7-11(5-6-14(10)20)16-9-26-18-23-22-17(24(16)18)25-8-12-13(19)3-2-4-15(12)21/h2-7,9H,8H2,1H3. The Labute approximate surface area is 161 Å². The van der Waals surface area contributed by atoms with Crippen LogP contribution in [-0.4, -0.2) is 14.6 Å². The number of aryl methyl sites for hydroxylation is 1. The molecular weight excluding hydrogens is 396 g/mol. The predicted molar refractivity (Wildman–Crippen MR) is 102 cm³/mol. The number of hydrogen-bond donors (Lipinski definition) is 0. The summed E-state index contributed by atoms with van der Waals surface area (Å²) in [6, 6.07) is 9.60. The maximum Gasteiger partial charge on any atom is 0.217 e. The molecule has 0 radical (unpaired) electrons. The van der Waals surface area contributed by atoms with Crippen molar-refractivity contribution in [1.82, 2.24) is 14.6 Å². The lowest BCUT2D eigenvalue weighted by molar-refractivity contribution is 0.617. The molecule has 0 aliphatic rings. The molecular formula is C18H12ClF2N3S2. The Morgan fingerprint density at radius 1 is 1.15 bits per heavy atom. The van der Waals surface area contributed by atoms with Crippen molar-refractivity contribution < 1.29 is 8.78 Å². The minimum atomic E-state index is -0.342. The molecule has 0 saturated heterocycles. The summed E-state index contributed by atoms with van der Waals surface area (Å²) in [6.45, 7) is 1.73. The molecule has 0 saturated carbocycles. The molecule has 2 aromatic heterocycles. The highest BCUT2D eigenvalue weighted by molar-refractivity contribution is 7.98. The van der Waals surface area contributed by atoms with E-state index in [2.05, 4.69) is 10.2 Å². The van der Waals surface area contributed by atoms with Crippen molar-refractivity contribution in [3.8, 4) is 11.3 Å². The van der Waals surface area contributed by atoms with E-state index in [9.17, 15) is 8.78 Å². The van der Waals surface area contributed by atoms with Gasteiger partial charge in [0, 0.05) is 21.7 Å². The van der Waals surface area contributed by atoms with E-state index >= 15 is 0 Å². The number of halogens is 3. The number of fused-ring (bicyclic) bond motifs is 1. The maximum absolute atomic E-state index is 14.0. The van der Waals surface area contributed by atoms with Crippen LogP contribution in [0.15, 0.2) is 46.9 Å². The lowest BCUT2D eigenvalue weighted by atomic mass is 10.1. The number of nitrogens with zero attached hydrogens (tertiary/aromatic N) is 3. The van der Waals surface area contributed by atoms with Crippen molar-refractivity contribution in [2.24, 2.45) is 0 Å². The highest BCUT2D eigenvalue weighted by Crippen LogP contribution is 2.33. The Balaban J connectivity index is 1.71. The van der Waals surface area contributed by atoms with Crippen molar-refractivity contribution in [1.29, 1.82) is 0 Å². The molecule has 0 bridgehead atoms. The lowest BCUT2D eigenvalue weighted by Gasteiger charge is -2.06. The van der Waals surface area contributed by atoms with E-state index in [1.807, 2.05) is 9.78 Å². The van der Waals surface area contributed by atoms with Crippen molar-refractivity contribution in [2.75, 3.05) is 0 Å². The van der Waals surface area contributed by atoms with Crippen LogP contribution in [0.1, 0.15) is 11.1 Å². The van der Waals surface area contributed by atoms with Gasteiger partial charge >= 0.3 is 0 Å². The van der Waals surface area contributed by atoms with Crippen LogP contribution < -0.4 is 0 Å². The van der Waals surface area contributed by atoms with Crippen LogP contribution in [-0.2, 0) is 5.75 Å². The van der Waals surface area contributed by atoms with Gasteiger partial charge in [0.1, 0.15) is 11.6 Å². The molecule has 0 unspecified atom stereocenters. The van der Waals surface area contributed by atoms with Crippen LogP contribution in [0, 0.1) is 18.6 Å². The highest BCUT2D eigenvalue weighted by Gasteiger charge is 2.16. The quantitative estimate of drug-likeness (QED) is 0.389. The molecule has 8 heteroatoms. The van der Waals surface area contributed by atoms with Crippen molar-refractivity contribution in [3.63, 3.8) is 0 Å². The summed E-state index contributed by atoms with van der Waals surface area (Å²) in [6.07, 6.45) is 0. The number of benzene rings is 2. The van der Waals surface area contributed by atoms with Crippen molar-refractivity contribution in [3.05, 3.63) is 69.6 Å². The van der Waals surface area contributed by atoms with Gasteiger partial charge in [-0.3, -0.25) is 4.40 Å².